The molecule has 1 atom stereocenters. The van der Waals surface area contributed by atoms with Crippen molar-refractivity contribution in [2.24, 2.45) is 10.9 Å². The molecule has 154 valence electrons. The van der Waals surface area contributed by atoms with Gasteiger partial charge in [0.05, 0.1) is 13.7 Å². The highest BCUT2D eigenvalue weighted by molar-refractivity contribution is 14.0. The van der Waals surface area contributed by atoms with Crippen molar-refractivity contribution in [1.82, 2.24) is 15.6 Å². The molecule has 1 heterocycles. The fourth-order valence-corrected chi connectivity index (χ4v) is 2.20. The largest absolute Gasteiger partial charge is 0.497 e. The van der Waals surface area contributed by atoms with Crippen LogP contribution < -0.4 is 20.1 Å². The van der Waals surface area contributed by atoms with Crippen LogP contribution >= 0.6 is 24.0 Å². The second-order valence-corrected chi connectivity index (χ2v) is 6.65. The minimum atomic E-state index is 0. The molecule has 0 fully saturated rings. The van der Waals surface area contributed by atoms with E-state index in [1.807, 2.05) is 36.4 Å². The number of nitrogens with zero attached hydrogens (tertiary/aromatic N) is 2. The van der Waals surface area contributed by atoms with Crippen molar-refractivity contribution in [2.75, 3.05) is 13.7 Å². The molecule has 2 N–H and O–H groups in total. The van der Waals surface area contributed by atoms with Crippen molar-refractivity contribution in [1.29, 1.82) is 0 Å². The third-order valence-corrected chi connectivity index (χ3v) is 4.21. The van der Waals surface area contributed by atoms with Crippen LogP contribution in [0.3, 0.4) is 0 Å². The highest BCUT2D eigenvalue weighted by atomic mass is 127. The van der Waals surface area contributed by atoms with Crippen LogP contribution in [0.5, 0.6) is 17.4 Å². The van der Waals surface area contributed by atoms with Gasteiger partial charge in [-0.3, -0.25) is 0 Å². The fourth-order valence-electron chi connectivity index (χ4n) is 2.20. The monoisotopic (exact) mass is 498 g/mol. The molecule has 1 aromatic heterocycles. The van der Waals surface area contributed by atoms with Gasteiger partial charge in [0, 0.05) is 24.8 Å². The predicted molar refractivity (Wildman–Crippen MR) is 125 cm³/mol. The Morgan fingerprint density at radius 3 is 2.29 bits per heavy atom. The Morgan fingerprint density at radius 2 is 1.75 bits per heavy atom. The number of pyridine rings is 1. The predicted octanol–water partition coefficient (Wildman–Crippen LogP) is 4.60. The van der Waals surface area contributed by atoms with E-state index in [1.54, 1.807) is 13.3 Å². The second kappa shape index (κ2) is 12.4. The van der Waals surface area contributed by atoms with E-state index in [1.165, 1.54) is 0 Å². The topological polar surface area (TPSA) is 67.8 Å². The van der Waals surface area contributed by atoms with Crippen LogP contribution in [0, 0.1) is 5.92 Å². The van der Waals surface area contributed by atoms with Crippen molar-refractivity contribution in [3.8, 4) is 17.4 Å². The number of ether oxygens (including phenoxy) is 2. The van der Waals surface area contributed by atoms with E-state index >= 15 is 0 Å². The van der Waals surface area contributed by atoms with E-state index in [-0.39, 0.29) is 24.0 Å². The van der Waals surface area contributed by atoms with Gasteiger partial charge in [0.25, 0.3) is 0 Å². The lowest BCUT2D eigenvalue weighted by atomic mass is 10.1. The van der Waals surface area contributed by atoms with Gasteiger partial charge < -0.3 is 20.1 Å². The van der Waals surface area contributed by atoms with Gasteiger partial charge in [-0.2, -0.15) is 0 Å². The zero-order chi connectivity index (χ0) is 19.6. The summed E-state index contributed by atoms with van der Waals surface area (Å²) < 4.78 is 10.9. The first-order valence-corrected chi connectivity index (χ1v) is 9.33. The summed E-state index contributed by atoms with van der Waals surface area (Å²) in [7, 11) is 1.64. The van der Waals surface area contributed by atoms with Gasteiger partial charge >= 0.3 is 0 Å². The Labute approximate surface area is 185 Å². The number of aliphatic imine (C=N–C) groups is 1. The molecule has 0 aliphatic rings. The summed E-state index contributed by atoms with van der Waals surface area (Å²) in [6.07, 6.45) is 1.79. The molecule has 0 saturated heterocycles. The molecule has 7 heteroatoms. The Balaban J connectivity index is 0.00000392. The maximum atomic E-state index is 5.75. The van der Waals surface area contributed by atoms with Crippen molar-refractivity contribution in [3.63, 3.8) is 0 Å². The second-order valence-electron chi connectivity index (χ2n) is 6.65. The number of hydrogen-bond acceptors (Lipinski definition) is 4. The Morgan fingerprint density at radius 1 is 1.07 bits per heavy atom. The van der Waals surface area contributed by atoms with Crippen molar-refractivity contribution < 1.29 is 9.47 Å². The number of halogens is 1. The molecule has 28 heavy (non-hydrogen) atoms. The average molecular weight is 498 g/mol. The van der Waals surface area contributed by atoms with Gasteiger partial charge in [-0.05, 0) is 49.6 Å². The molecule has 2 aromatic rings. The Kier molecular flexibility index (Phi) is 10.7. The number of methoxy groups -OCH3 is 1. The number of aromatic nitrogens is 1. The molecular formula is C21H31IN4O2. The highest BCUT2D eigenvalue weighted by Crippen LogP contribution is 2.22. The first kappa shape index (κ1) is 24.0. The Bertz CT molecular complexity index is 718. The number of guanidine groups is 1. The van der Waals surface area contributed by atoms with Gasteiger partial charge in [-0.25, -0.2) is 9.98 Å². The number of rotatable bonds is 8. The summed E-state index contributed by atoms with van der Waals surface area (Å²) in [5.41, 5.74) is 1.02. The van der Waals surface area contributed by atoms with Crippen LogP contribution in [-0.2, 0) is 6.54 Å². The van der Waals surface area contributed by atoms with E-state index in [0.717, 1.165) is 29.6 Å². The fraction of sp³-hybridized carbons (Fsp3) is 0.429. The lowest BCUT2D eigenvalue weighted by Crippen LogP contribution is -2.44. The van der Waals surface area contributed by atoms with E-state index in [0.29, 0.717) is 24.4 Å². The molecule has 1 unspecified atom stereocenters. The summed E-state index contributed by atoms with van der Waals surface area (Å²) in [5, 5.41) is 6.70. The van der Waals surface area contributed by atoms with Gasteiger partial charge in [0.2, 0.25) is 5.88 Å². The summed E-state index contributed by atoms with van der Waals surface area (Å²) >= 11 is 0. The van der Waals surface area contributed by atoms with Gasteiger partial charge in [-0.15, -0.1) is 24.0 Å². The SMILES string of the molecule is CCNC(=NCc1ccc(Oc2ccc(OC)cc2)nc1)NC(C)C(C)C.I. The smallest absolute Gasteiger partial charge is 0.219 e. The zero-order valence-corrected chi connectivity index (χ0v) is 19.6. The van der Waals surface area contributed by atoms with Crippen molar-refractivity contribution >= 4 is 29.9 Å². The maximum absolute atomic E-state index is 5.75. The third-order valence-electron chi connectivity index (χ3n) is 4.21. The first-order valence-electron chi connectivity index (χ1n) is 9.33. The molecule has 0 spiro atoms. The lowest BCUT2D eigenvalue weighted by Gasteiger charge is -2.20. The summed E-state index contributed by atoms with van der Waals surface area (Å²) in [5.74, 6) is 3.41. The molecule has 0 amide bonds. The molecule has 0 radical (unpaired) electrons. The van der Waals surface area contributed by atoms with Crippen LogP contribution in [0.15, 0.2) is 47.6 Å². The number of benzene rings is 1. The number of hydrogen-bond donors (Lipinski definition) is 2. The molecule has 2 rings (SSSR count). The van der Waals surface area contributed by atoms with Crippen molar-refractivity contribution in [2.45, 2.75) is 40.3 Å². The van der Waals surface area contributed by atoms with Gasteiger partial charge in [0.1, 0.15) is 11.5 Å². The van der Waals surface area contributed by atoms with Crippen LogP contribution in [-0.4, -0.2) is 30.6 Å². The normalized spacial score (nSPS) is 12.1. The van der Waals surface area contributed by atoms with Gasteiger partial charge in [0.15, 0.2) is 5.96 Å². The molecular weight excluding hydrogens is 467 g/mol. The molecule has 0 aliphatic carbocycles. The third kappa shape index (κ3) is 7.92. The summed E-state index contributed by atoms with van der Waals surface area (Å²) in [4.78, 5) is 9.00. The maximum Gasteiger partial charge on any atom is 0.219 e. The van der Waals surface area contributed by atoms with Crippen LogP contribution in [0.25, 0.3) is 0 Å². The lowest BCUT2D eigenvalue weighted by molar-refractivity contribution is 0.412. The molecule has 6 nitrogen and oxygen atoms in total. The summed E-state index contributed by atoms with van der Waals surface area (Å²) in [6.45, 7) is 9.97. The quantitative estimate of drug-likeness (QED) is 0.317. The Hall–Kier alpha value is -2.03. The molecule has 0 aliphatic heterocycles. The number of nitrogens with one attached hydrogen (secondary N) is 2. The minimum Gasteiger partial charge on any atom is -0.497 e. The van der Waals surface area contributed by atoms with E-state index in [2.05, 4.69) is 48.3 Å². The van der Waals surface area contributed by atoms with Gasteiger partial charge in [-0.1, -0.05) is 19.9 Å². The minimum absolute atomic E-state index is 0. The van der Waals surface area contributed by atoms with Crippen molar-refractivity contribution in [3.05, 3.63) is 48.2 Å². The highest BCUT2D eigenvalue weighted by Gasteiger charge is 2.08. The van der Waals surface area contributed by atoms with Crippen LogP contribution in [0.2, 0.25) is 0 Å². The van der Waals surface area contributed by atoms with E-state index in [9.17, 15) is 0 Å². The van der Waals surface area contributed by atoms with E-state index in [4.69, 9.17) is 9.47 Å². The first-order chi connectivity index (χ1) is 13.0. The van der Waals surface area contributed by atoms with Crippen LogP contribution in [0.1, 0.15) is 33.3 Å². The standard InChI is InChI=1S/C21H30N4O2.HI/c1-6-22-21(25-16(4)15(2)3)24-14-17-7-12-20(23-13-17)27-19-10-8-18(26-5)9-11-19;/h7-13,15-16H,6,14H2,1-5H3,(H2,22,24,25);1H. The molecule has 1 aromatic carbocycles. The van der Waals surface area contributed by atoms with E-state index < -0.39 is 0 Å². The summed E-state index contributed by atoms with van der Waals surface area (Å²) in [6, 6.07) is 11.6. The zero-order valence-electron chi connectivity index (χ0n) is 17.2. The molecule has 0 saturated carbocycles. The van der Waals surface area contributed by atoms with Crippen LogP contribution in [0.4, 0.5) is 0 Å². The molecule has 0 bridgehead atoms. The average Bonchev–Trinajstić information content (AvgIpc) is 2.68.